The molecular weight excluding hydrogens is 566 g/mol. The van der Waals surface area contributed by atoms with Gasteiger partial charge in [-0.15, -0.1) is 0 Å². The fourth-order valence-electron chi connectivity index (χ4n) is 4.08. The first kappa shape index (κ1) is 29.4. The molecule has 0 fully saturated rings. The number of halogens is 1. The number of aryl methyl sites for hydroxylation is 3. The Kier molecular flexibility index (Phi) is 9.73. The number of rotatable bonds is 10. The van der Waals surface area contributed by atoms with Crippen LogP contribution in [-0.2, 0) is 26.2 Å². The van der Waals surface area contributed by atoms with Crippen molar-refractivity contribution in [1.82, 2.24) is 10.2 Å². The van der Waals surface area contributed by atoms with Gasteiger partial charge in [-0.25, -0.2) is 8.42 Å². The number of anilines is 1. The number of carbonyl (C=O) groups excluding carboxylic acids is 2. The lowest BCUT2D eigenvalue weighted by atomic mass is 10.1. The van der Waals surface area contributed by atoms with Gasteiger partial charge in [-0.1, -0.05) is 57.9 Å². The van der Waals surface area contributed by atoms with E-state index in [2.05, 4.69) is 21.2 Å². The molecule has 0 aliphatic heterocycles. The third-order valence-corrected chi connectivity index (χ3v) is 8.55. The highest BCUT2D eigenvalue weighted by Gasteiger charge is 2.33. The van der Waals surface area contributed by atoms with E-state index in [9.17, 15) is 18.0 Å². The molecule has 3 rings (SSSR count). The zero-order valence-electron chi connectivity index (χ0n) is 22.4. The van der Waals surface area contributed by atoms with E-state index in [0.29, 0.717) is 12.2 Å². The van der Waals surface area contributed by atoms with Crippen molar-refractivity contribution in [2.24, 2.45) is 0 Å². The van der Waals surface area contributed by atoms with Crippen LogP contribution in [0.5, 0.6) is 0 Å². The summed E-state index contributed by atoms with van der Waals surface area (Å²) in [7, 11) is -4.10. The number of nitrogens with zero attached hydrogens (tertiary/aromatic N) is 2. The summed E-state index contributed by atoms with van der Waals surface area (Å²) in [5.74, 6) is -0.796. The van der Waals surface area contributed by atoms with Gasteiger partial charge in [0.1, 0.15) is 12.6 Å². The van der Waals surface area contributed by atoms with Crippen molar-refractivity contribution in [3.63, 3.8) is 0 Å². The zero-order valence-corrected chi connectivity index (χ0v) is 24.8. The summed E-state index contributed by atoms with van der Waals surface area (Å²) in [5.41, 5.74) is 3.74. The highest BCUT2D eigenvalue weighted by Crippen LogP contribution is 2.29. The van der Waals surface area contributed by atoms with E-state index >= 15 is 0 Å². The number of hydrogen-bond donors (Lipinski definition) is 1. The molecule has 0 aliphatic rings. The van der Waals surface area contributed by atoms with Gasteiger partial charge in [0.25, 0.3) is 10.0 Å². The van der Waals surface area contributed by atoms with Gasteiger partial charge in [0.05, 0.1) is 10.6 Å². The number of carbonyl (C=O) groups is 2. The second-order valence-electron chi connectivity index (χ2n) is 9.34. The molecule has 0 aliphatic carbocycles. The first-order valence-corrected chi connectivity index (χ1v) is 14.7. The molecule has 3 aromatic rings. The Labute approximate surface area is 234 Å². The van der Waals surface area contributed by atoms with Crippen LogP contribution in [0.1, 0.15) is 36.1 Å². The summed E-state index contributed by atoms with van der Waals surface area (Å²) in [6.45, 7) is 9.12. The number of amides is 2. The second kappa shape index (κ2) is 12.6. The largest absolute Gasteiger partial charge is 0.355 e. The number of likely N-dealkylation sites (N-methyl/N-ethyl adjacent to an activating group) is 1. The van der Waals surface area contributed by atoms with E-state index in [1.807, 2.05) is 64.1 Å². The molecule has 0 bridgehead atoms. The van der Waals surface area contributed by atoms with Crippen molar-refractivity contribution in [1.29, 1.82) is 0 Å². The third kappa shape index (κ3) is 7.02. The summed E-state index contributed by atoms with van der Waals surface area (Å²) in [4.78, 5) is 28.2. The molecule has 0 saturated heterocycles. The maximum absolute atomic E-state index is 13.9. The third-order valence-electron chi connectivity index (χ3n) is 6.28. The van der Waals surface area contributed by atoms with Crippen molar-refractivity contribution in [2.45, 2.75) is 52.1 Å². The van der Waals surface area contributed by atoms with Gasteiger partial charge in [-0.2, -0.15) is 0 Å². The molecule has 1 N–H and O–H groups in total. The number of benzene rings is 3. The second-order valence-corrected chi connectivity index (χ2v) is 12.1. The Balaban J connectivity index is 2.08. The zero-order chi connectivity index (χ0) is 28.0. The quantitative estimate of drug-likeness (QED) is 0.350. The molecule has 0 aromatic heterocycles. The molecular formula is C29H34BrN3O4S. The summed E-state index contributed by atoms with van der Waals surface area (Å²) >= 11 is 3.45. The maximum atomic E-state index is 13.9. The molecule has 9 heteroatoms. The lowest BCUT2D eigenvalue weighted by molar-refractivity contribution is -0.139. The van der Waals surface area contributed by atoms with Gasteiger partial charge in [-0.05, 0) is 81.6 Å². The van der Waals surface area contributed by atoms with E-state index in [4.69, 9.17) is 0 Å². The molecule has 0 heterocycles. The average molecular weight is 601 g/mol. The van der Waals surface area contributed by atoms with Crippen LogP contribution in [0.25, 0.3) is 0 Å². The monoisotopic (exact) mass is 599 g/mol. The van der Waals surface area contributed by atoms with Crippen LogP contribution in [0, 0.1) is 20.8 Å². The molecule has 2 amide bonds. The first-order chi connectivity index (χ1) is 17.9. The van der Waals surface area contributed by atoms with Crippen molar-refractivity contribution in [3.05, 3.63) is 93.5 Å². The van der Waals surface area contributed by atoms with Crippen LogP contribution in [-0.4, -0.2) is 44.3 Å². The van der Waals surface area contributed by atoms with E-state index in [1.165, 1.54) is 4.90 Å². The molecule has 1 unspecified atom stereocenters. The molecule has 7 nitrogen and oxygen atoms in total. The Morgan fingerprint density at radius 2 is 1.61 bits per heavy atom. The SMILES string of the molecule is CCNC(=O)C(C)N(Cc1cccc(Br)c1)C(=O)CN(c1cc(C)ccc1C)S(=O)(=O)c1ccc(C)cc1. The van der Waals surface area contributed by atoms with Crippen LogP contribution in [0.4, 0.5) is 5.69 Å². The molecule has 0 spiro atoms. The standard InChI is InChI=1S/C29H34BrN3O4S/c1-6-31-29(35)23(5)32(18-24-8-7-9-25(30)17-24)28(34)19-33(27-16-21(3)10-13-22(27)4)38(36,37)26-14-11-20(2)12-15-26/h7-17,23H,6,18-19H2,1-5H3,(H,31,35). The van der Waals surface area contributed by atoms with E-state index in [-0.39, 0.29) is 17.3 Å². The lowest BCUT2D eigenvalue weighted by Crippen LogP contribution is -2.51. The fraction of sp³-hybridized carbons (Fsp3) is 0.310. The van der Waals surface area contributed by atoms with Crippen molar-refractivity contribution < 1.29 is 18.0 Å². The molecule has 202 valence electrons. The molecule has 1 atom stereocenters. The Morgan fingerprint density at radius 3 is 2.24 bits per heavy atom. The van der Waals surface area contributed by atoms with Crippen LogP contribution in [0.3, 0.4) is 0 Å². The van der Waals surface area contributed by atoms with Crippen molar-refractivity contribution in [3.8, 4) is 0 Å². The average Bonchev–Trinajstić information content (AvgIpc) is 2.87. The van der Waals surface area contributed by atoms with Gasteiger partial charge in [0, 0.05) is 17.6 Å². The topological polar surface area (TPSA) is 86.8 Å². The van der Waals surface area contributed by atoms with Crippen LogP contribution < -0.4 is 9.62 Å². The number of sulfonamides is 1. The van der Waals surface area contributed by atoms with Crippen LogP contribution in [0.2, 0.25) is 0 Å². The highest BCUT2D eigenvalue weighted by atomic mass is 79.9. The predicted octanol–water partition coefficient (Wildman–Crippen LogP) is 5.12. The number of hydrogen-bond acceptors (Lipinski definition) is 4. The molecule has 0 radical (unpaired) electrons. The Hall–Kier alpha value is -3.17. The minimum atomic E-state index is -4.10. The van der Waals surface area contributed by atoms with Crippen molar-refractivity contribution in [2.75, 3.05) is 17.4 Å². The van der Waals surface area contributed by atoms with Gasteiger partial charge in [0.2, 0.25) is 11.8 Å². The normalized spacial score (nSPS) is 12.1. The minimum Gasteiger partial charge on any atom is -0.355 e. The Morgan fingerprint density at radius 1 is 0.947 bits per heavy atom. The van der Waals surface area contributed by atoms with Crippen LogP contribution >= 0.6 is 15.9 Å². The molecule has 38 heavy (non-hydrogen) atoms. The number of nitrogens with one attached hydrogen (secondary N) is 1. The summed E-state index contributed by atoms with van der Waals surface area (Å²) in [5, 5.41) is 2.77. The van der Waals surface area contributed by atoms with E-state index < -0.39 is 28.5 Å². The summed E-state index contributed by atoms with van der Waals surface area (Å²) in [6, 6.07) is 18.7. The summed E-state index contributed by atoms with van der Waals surface area (Å²) < 4.78 is 29.9. The predicted molar refractivity (Wildman–Crippen MR) is 154 cm³/mol. The highest BCUT2D eigenvalue weighted by molar-refractivity contribution is 9.10. The van der Waals surface area contributed by atoms with E-state index in [0.717, 1.165) is 31.0 Å². The van der Waals surface area contributed by atoms with Crippen LogP contribution in [0.15, 0.2) is 76.1 Å². The fourth-order valence-corrected chi connectivity index (χ4v) is 5.99. The van der Waals surface area contributed by atoms with Gasteiger partial charge < -0.3 is 10.2 Å². The van der Waals surface area contributed by atoms with E-state index in [1.54, 1.807) is 37.3 Å². The first-order valence-electron chi connectivity index (χ1n) is 12.4. The Bertz CT molecular complexity index is 1410. The lowest BCUT2D eigenvalue weighted by Gasteiger charge is -2.32. The van der Waals surface area contributed by atoms with Gasteiger partial charge in [0.15, 0.2) is 0 Å². The van der Waals surface area contributed by atoms with Gasteiger partial charge in [-0.3, -0.25) is 13.9 Å². The smallest absolute Gasteiger partial charge is 0.264 e. The molecule has 3 aromatic carbocycles. The minimum absolute atomic E-state index is 0.0899. The molecule has 0 saturated carbocycles. The maximum Gasteiger partial charge on any atom is 0.264 e. The summed E-state index contributed by atoms with van der Waals surface area (Å²) in [6.07, 6.45) is 0. The van der Waals surface area contributed by atoms with Gasteiger partial charge >= 0.3 is 0 Å². The van der Waals surface area contributed by atoms with Crippen molar-refractivity contribution >= 4 is 43.5 Å².